The zero-order valence-corrected chi connectivity index (χ0v) is 6.89. The molecule has 0 aliphatic heterocycles. The van der Waals surface area contributed by atoms with Gasteiger partial charge in [-0.3, -0.25) is 4.18 Å². The van der Waals surface area contributed by atoms with Crippen LogP contribution in [0.15, 0.2) is 0 Å². The quantitative estimate of drug-likeness (QED) is 0.587. The third-order valence-electron chi connectivity index (χ3n) is 0.842. The number of aliphatic hydroxyl groups excluding tert-OH is 1. The smallest absolute Gasteiger partial charge is 0.267 e. The Morgan fingerprint density at radius 1 is 1.60 bits per heavy atom. The van der Waals surface area contributed by atoms with Crippen LogP contribution in [-0.4, -0.2) is 32.0 Å². The maximum Gasteiger partial charge on any atom is 0.267 e. The first-order chi connectivity index (χ1) is 4.48. The van der Waals surface area contributed by atoms with Gasteiger partial charge in [0.15, 0.2) is 0 Å². The number of rotatable bonds is 4. The second-order valence-electron chi connectivity index (χ2n) is 1.98. The molecule has 0 saturated heterocycles. The van der Waals surface area contributed by atoms with Crippen LogP contribution in [0.1, 0.15) is 13.8 Å². The summed E-state index contributed by atoms with van der Waals surface area (Å²) < 4.78 is 25.5. The fraction of sp³-hybridized carbons (Fsp3) is 1.00. The Hall–Kier alpha value is -0.130. The van der Waals surface area contributed by atoms with E-state index in [2.05, 4.69) is 4.18 Å². The summed E-state index contributed by atoms with van der Waals surface area (Å²) in [7, 11) is -3.37. The van der Waals surface area contributed by atoms with Crippen molar-refractivity contribution >= 4 is 10.1 Å². The Kier molecular flexibility index (Phi) is 3.85. The molecular formula is C5H12O4S. The summed E-state index contributed by atoms with van der Waals surface area (Å²) in [6, 6.07) is 0. The largest absolute Gasteiger partial charge is 0.391 e. The molecule has 0 amide bonds. The van der Waals surface area contributed by atoms with Crippen LogP contribution in [-0.2, 0) is 14.3 Å². The predicted octanol–water partition coefficient (Wildman–Crippen LogP) is -0.266. The van der Waals surface area contributed by atoms with E-state index >= 15 is 0 Å². The van der Waals surface area contributed by atoms with E-state index in [1.165, 1.54) is 13.8 Å². The molecule has 0 spiro atoms. The molecular weight excluding hydrogens is 156 g/mol. The first-order valence-corrected chi connectivity index (χ1v) is 4.61. The van der Waals surface area contributed by atoms with Crippen LogP contribution >= 0.6 is 0 Å². The molecule has 0 fully saturated rings. The molecule has 0 aliphatic rings. The van der Waals surface area contributed by atoms with Gasteiger partial charge in [-0.1, -0.05) is 0 Å². The summed E-state index contributed by atoms with van der Waals surface area (Å²) in [5.41, 5.74) is 0. The van der Waals surface area contributed by atoms with E-state index in [-0.39, 0.29) is 12.4 Å². The lowest BCUT2D eigenvalue weighted by atomic mass is 10.5. The van der Waals surface area contributed by atoms with Gasteiger partial charge in [0.1, 0.15) is 0 Å². The molecule has 1 N–H and O–H groups in total. The summed E-state index contributed by atoms with van der Waals surface area (Å²) >= 11 is 0. The average Bonchev–Trinajstić information content (AvgIpc) is 1.85. The number of aliphatic hydroxyl groups is 1. The van der Waals surface area contributed by atoms with Gasteiger partial charge in [-0.05, 0) is 13.8 Å². The summed E-state index contributed by atoms with van der Waals surface area (Å²) in [5.74, 6) is -0.0558. The molecule has 0 aromatic carbocycles. The predicted molar refractivity (Wildman–Crippen MR) is 37.1 cm³/mol. The number of hydrogen-bond donors (Lipinski definition) is 1. The zero-order valence-electron chi connectivity index (χ0n) is 6.07. The molecule has 4 nitrogen and oxygen atoms in total. The van der Waals surface area contributed by atoms with Gasteiger partial charge >= 0.3 is 0 Å². The topological polar surface area (TPSA) is 63.6 Å². The Labute approximate surface area is 60.9 Å². The van der Waals surface area contributed by atoms with Gasteiger partial charge < -0.3 is 5.11 Å². The lowest BCUT2D eigenvalue weighted by Gasteiger charge is -2.03. The summed E-state index contributed by atoms with van der Waals surface area (Å²) in [6.07, 6.45) is -0.735. The summed E-state index contributed by atoms with van der Waals surface area (Å²) in [6.45, 7) is 2.79. The van der Waals surface area contributed by atoms with Crippen LogP contribution in [0.5, 0.6) is 0 Å². The Balaban J connectivity index is 3.70. The molecule has 0 heterocycles. The minimum absolute atomic E-state index is 0.0558. The fourth-order valence-electron chi connectivity index (χ4n) is 0.285. The summed E-state index contributed by atoms with van der Waals surface area (Å²) in [5, 5.41) is 8.62. The van der Waals surface area contributed by atoms with Crippen molar-refractivity contribution in [3.8, 4) is 0 Å². The third kappa shape index (κ3) is 4.72. The van der Waals surface area contributed by atoms with Crippen molar-refractivity contribution in [1.82, 2.24) is 0 Å². The monoisotopic (exact) mass is 168 g/mol. The molecule has 5 heteroatoms. The van der Waals surface area contributed by atoms with Crippen LogP contribution in [0.4, 0.5) is 0 Å². The van der Waals surface area contributed by atoms with E-state index in [9.17, 15) is 8.42 Å². The first kappa shape index (κ1) is 9.87. The minimum atomic E-state index is -3.37. The zero-order chi connectivity index (χ0) is 8.20. The van der Waals surface area contributed by atoms with Crippen molar-refractivity contribution in [2.24, 2.45) is 0 Å². The number of hydrogen-bond acceptors (Lipinski definition) is 4. The molecule has 0 bridgehead atoms. The van der Waals surface area contributed by atoms with Crippen LogP contribution in [0, 0.1) is 0 Å². The highest BCUT2D eigenvalue weighted by Crippen LogP contribution is 1.93. The van der Waals surface area contributed by atoms with Crippen molar-refractivity contribution in [2.75, 3.05) is 12.4 Å². The molecule has 0 aliphatic carbocycles. The van der Waals surface area contributed by atoms with Crippen molar-refractivity contribution in [3.63, 3.8) is 0 Å². The standard InChI is InChI=1S/C5H12O4S/c1-3-10(7,8)9-4-5(2)6/h5-6H,3-4H2,1-2H3. The Morgan fingerprint density at radius 2 is 2.10 bits per heavy atom. The van der Waals surface area contributed by atoms with Crippen molar-refractivity contribution in [3.05, 3.63) is 0 Å². The molecule has 0 radical (unpaired) electrons. The molecule has 62 valence electrons. The van der Waals surface area contributed by atoms with E-state index in [4.69, 9.17) is 5.11 Å². The van der Waals surface area contributed by atoms with Gasteiger partial charge in [-0.25, -0.2) is 0 Å². The van der Waals surface area contributed by atoms with Gasteiger partial charge in [0, 0.05) is 0 Å². The highest BCUT2D eigenvalue weighted by Gasteiger charge is 2.08. The first-order valence-electron chi connectivity index (χ1n) is 3.03. The van der Waals surface area contributed by atoms with Gasteiger partial charge in [-0.2, -0.15) is 8.42 Å². The van der Waals surface area contributed by atoms with E-state index in [0.717, 1.165) is 0 Å². The maximum absolute atomic E-state index is 10.6. The van der Waals surface area contributed by atoms with E-state index in [0.29, 0.717) is 0 Å². The van der Waals surface area contributed by atoms with E-state index in [1.807, 2.05) is 0 Å². The van der Waals surface area contributed by atoms with Gasteiger partial charge in [-0.15, -0.1) is 0 Å². The Bertz CT molecular complexity index is 170. The molecule has 0 aromatic heterocycles. The molecule has 1 unspecified atom stereocenters. The lowest BCUT2D eigenvalue weighted by Crippen LogP contribution is -2.16. The Morgan fingerprint density at radius 3 is 2.40 bits per heavy atom. The third-order valence-corrected chi connectivity index (χ3v) is 2.04. The van der Waals surface area contributed by atoms with Crippen LogP contribution < -0.4 is 0 Å². The lowest BCUT2D eigenvalue weighted by molar-refractivity contribution is 0.126. The van der Waals surface area contributed by atoms with Gasteiger partial charge in [0.05, 0.1) is 18.5 Å². The van der Waals surface area contributed by atoms with Crippen LogP contribution in [0.25, 0.3) is 0 Å². The second-order valence-corrected chi connectivity index (χ2v) is 3.91. The minimum Gasteiger partial charge on any atom is -0.391 e. The van der Waals surface area contributed by atoms with Crippen molar-refractivity contribution in [2.45, 2.75) is 20.0 Å². The maximum atomic E-state index is 10.6. The van der Waals surface area contributed by atoms with Crippen LogP contribution in [0.3, 0.4) is 0 Å². The van der Waals surface area contributed by atoms with E-state index in [1.54, 1.807) is 0 Å². The van der Waals surface area contributed by atoms with Crippen LogP contribution in [0.2, 0.25) is 0 Å². The normalized spacial score (nSPS) is 15.1. The van der Waals surface area contributed by atoms with E-state index < -0.39 is 16.2 Å². The molecule has 10 heavy (non-hydrogen) atoms. The van der Waals surface area contributed by atoms with Crippen molar-refractivity contribution in [1.29, 1.82) is 0 Å². The fourth-order valence-corrected chi connectivity index (χ4v) is 0.856. The SMILES string of the molecule is CCS(=O)(=O)OCC(C)O. The van der Waals surface area contributed by atoms with Gasteiger partial charge in [0.2, 0.25) is 0 Å². The second kappa shape index (κ2) is 3.90. The highest BCUT2D eigenvalue weighted by molar-refractivity contribution is 7.86. The highest BCUT2D eigenvalue weighted by atomic mass is 32.2. The molecule has 0 aromatic rings. The molecule has 0 saturated carbocycles. The molecule has 1 atom stereocenters. The summed E-state index contributed by atoms with van der Waals surface area (Å²) in [4.78, 5) is 0. The molecule has 0 rings (SSSR count). The van der Waals surface area contributed by atoms with Gasteiger partial charge in [0.25, 0.3) is 10.1 Å². The van der Waals surface area contributed by atoms with Crippen molar-refractivity contribution < 1.29 is 17.7 Å². The average molecular weight is 168 g/mol.